The minimum atomic E-state index is 0.0879. The number of amides is 1. The summed E-state index contributed by atoms with van der Waals surface area (Å²) in [4.78, 5) is 13.3. The first-order chi connectivity index (χ1) is 7.09. The van der Waals surface area contributed by atoms with Crippen molar-refractivity contribution >= 4 is 5.91 Å². The van der Waals surface area contributed by atoms with E-state index in [1.165, 1.54) is 0 Å². The molecule has 1 heterocycles. The molecule has 4 heteroatoms. The average molecular weight is 210 g/mol. The Morgan fingerprint density at radius 3 is 2.87 bits per heavy atom. The van der Waals surface area contributed by atoms with Gasteiger partial charge in [0.1, 0.15) is 0 Å². The Balaban J connectivity index is 2.33. The van der Waals surface area contributed by atoms with Crippen molar-refractivity contribution in [3.05, 3.63) is 24.2 Å². The van der Waals surface area contributed by atoms with Crippen LogP contribution in [0.25, 0.3) is 0 Å². The Morgan fingerprint density at radius 2 is 2.33 bits per heavy atom. The van der Waals surface area contributed by atoms with Crippen molar-refractivity contribution in [3.8, 4) is 0 Å². The topological polar surface area (TPSA) is 45.5 Å². The first-order valence-electron chi connectivity index (χ1n) is 5.08. The third-order valence-electron chi connectivity index (χ3n) is 2.09. The molecule has 1 aromatic heterocycles. The van der Waals surface area contributed by atoms with Crippen molar-refractivity contribution in [2.75, 3.05) is 13.6 Å². The zero-order chi connectivity index (χ0) is 11.3. The van der Waals surface area contributed by atoms with Crippen molar-refractivity contribution in [3.63, 3.8) is 0 Å². The fourth-order valence-corrected chi connectivity index (χ4v) is 1.17. The van der Waals surface area contributed by atoms with E-state index in [1.807, 2.05) is 19.9 Å². The molecule has 0 aliphatic heterocycles. The van der Waals surface area contributed by atoms with Crippen LogP contribution in [0.2, 0.25) is 0 Å². The number of nitrogens with zero attached hydrogens (tertiary/aromatic N) is 1. The second-order valence-corrected chi connectivity index (χ2v) is 3.92. The van der Waals surface area contributed by atoms with Crippen LogP contribution in [0, 0.1) is 0 Å². The van der Waals surface area contributed by atoms with E-state index in [1.54, 1.807) is 24.5 Å². The lowest BCUT2D eigenvalue weighted by molar-refractivity contribution is -0.129. The van der Waals surface area contributed by atoms with Gasteiger partial charge in [0.05, 0.1) is 19.1 Å². The summed E-state index contributed by atoms with van der Waals surface area (Å²) in [6, 6.07) is 2.19. The molecule has 0 aliphatic carbocycles. The third kappa shape index (κ3) is 4.16. The smallest absolute Gasteiger partial charge is 0.236 e. The zero-order valence-electron chi connectivity index (χ0n) is 9.49. The standard InChI is InChI=1S/C11H18N2O2/c1-9(2)12-6-11(14)13(3)7-10-4-5-15-8-10/h4-5,8-9,12H,6-7H2,1-3H3. The lowest BCUT2D eigenvalue weighted by Crippen LogP contribution is -2.37. The summed E-state index contributed by atoms with van der Waals surface area (Å²) in [5.74, 6) is 0.0879. The molecule has 0 atom stereocenters. The number of furan rings is 1. The molecule has 15 heavy (non-hydrogen) atoms. The molecule has 1 N–H and O–H groups in total. The molecular weight excluding hydrogens is 192 g/mol. The van der Waals surface area contributed by atoms with Crippen LogP contribution in [0.1, 0.15) is 19.4 Å². The number of carbonyl (C=O) groups excluding carboxylic acids is 1. The molecule has 4 nitrogen and oxygen atoms in total. The van der Waals surface area contributed by atoms with Gasteiger partial charge in [0, 0.05) is 25.2 Å². The van der Waals surface area contributed by atoms with Crippen molar-refractivity contribution < 1.29 is 9.21 Å². The summed E-state index contributed by atoms with van der Waals surface area (Å²) in [5, 5.41) is 3.09. The van der Waals surface area contributed by atoms with Gasteiger partial charge in [0.15, 0.2) is 0 Å². The number of carbonyl (C=O) groups is 1. The first kappa shape index (κ1) is 11.8. The van der Waals surface area contributed by atoms with Gasteiger partial charge in [-0.2, -0.15) is 0 Å². The van der Waals surface area contributed by atoms with E-state index in [-0.39, 0.29) is 5.91 Å². The predicted octanol–water partition coefficient (Wildman–Crippen LogP) is 1.24. The number of hydrogen-bond acceptors (Lipinski definition) is 3. The third-order valence-corrected chi connectivity index (χ3v) is 2.09. The number of hydrogen-bond donors (Lipinski definition) is 1. The highest BCUT2D eigenvalue weighted by Gasteiger charge is 2.09. The maximum Gasteiger partial charge on any atom is 0.236 e. The molecule has 0 aliphatic rings. The second kappa shape index (κ2) is 5.56. The quantitative estimate of drug-likeness (QED) is 0.795. The minimum Gasteiger partial charge on any atom is -0.472 e. The van der Waals surface area contributed by atoms with Gasteiger partial charge in [-0.15, -0.1) is 0 Å². The SMILES string of the molecule is CC(C)NCC(=O)N(C)Cc1ccoc1. The molecule has 0 saturated heterocycles. The van der Waals surface area contributed by atoms with Gasteiger partial charge < -0.3 is 14.6 Å². The summed E-state index contributed by atoms with van der Waals surface area (Å²) in [7, 11) is 1.79. The van der Waals surface area contributed by atoms with E-state index >= 15 is 0 Å². The lowest BCUT2D eigenvalue weighted by Gasteiger charge is -2.17. The van der Waals surface area contributed by atoms with Crippen molar-refractivity contribution in [1.82, 2.24) is 10.2 Å². The summed E-state index contributed by atoms with van der Waals surface area (Å²) < 4.78 is 4.94. The highest BCUT2D eigenvalue weighted by Crippen LogP contribution is 2.03. The number of nitrogens with one attached hydrogen (secondary N) is 1. The van der Waals surface area contributed by atoms with Gasteiger partial charge in [-0.1, -0.05) is 13.8 Å². The maximum absolute atomic E-state index is 11.6. The van der Waals surface area contributed by atoms with Crippen LogP contribution in [0.15, 0.2) is 23.0 Å². The molecule has 0 bridgehead atoms. The molecule has 1 rings (SSSR count). The maximum atomic E-state index is 11.6. The number of likely N-dealkylation sites (N-methyl/N-ethyl adjacent to an activating group) is 1. The van der Waals surface area contributed by atoms with Crippen LogP contribution < -0.4 is 5.32 Å². The van der Waals surface area contributed by atoms with Gasteiger partial charge in [-0.3, -0.25) is 4.79 Å². The zero-order valence-corrected chi connectivity index (χ0v) is 9.49. The van der Waals surface area contributed by atoms with Gasteiger partial charge in [-0.05, 0) is 6.07 Å². The summed E-state index contributed by atoms with van der Waals surface area (Å²) in [5.41, 5.74) is 1.01. The highest BCUT2D eigenvalue weighted by atomic mass is 16.3. The normalized spacial score (nSPS) is 10.7. The summed E-state index contributed by atoms with van der Waals surface area (Å²) in [6.07, 6.45) is 3.26. The molecule has 1 amide bonds. The molecule has 84 valence electrons. The molecule has 0 spiro atoms. The molecular formula is C11H18N2O2. The van der Waals surface area contributed by atoms with Gasteiger partial charge in [-0.25, -0.2) is 0 Å². The minimum absolute atomic E-state index is 0.0879. The van der Waals surface area contributed by atoms with E-state index in [2.05, 4.69) is 5.32 Å². The molecule has 0 fully saturated rings. The van der Waals surface area contributed by atoms with Crippen LogP contribution >= 0.6 is 0 Å². The van der Waals surface area contributed by atoms with E-state index in [0.29, 0.717) is 19.1 Å². The Labute approximate surface area is 90.3 Å². The van der Waals surface area contributed by atoms with Gasteiger partial charge >= 0.3 is 0 Å². The van der Waals surface area contributed by atoms with Gasteiger partial charge in [0.2, 0.25) is 5.91 Å². The molecule has 1 aromatic rings. The van der Waals surface area contributed by atoms with Crippen LogP contribution in [-0.2, 0) is 11.3 Å². The second-order valence-electron chi connectivity index (χ2n) is 3.92. The van der Waals surface area contributed by atoms with E-state index in [9.17, 15) is 4.79 Å². The van der Waals surface area contributed by atoms with E-state index < -0.39 is 0 Å². The largest absolute Gasteiger partial charge is 0.472 e. The molecule has 0 saturated carbocycles. The van der Waals surface area contributed by atoms with Crippen LogP contribution in [0.5, 0.6) is 0 Å². The fraction of sp³-hybridized carbons (Fsp3) is 0.545. The Bertz CT molecular complexity index is 294. The number of rotatable bonds is 5. The lowest BCUT2D eigenvalue weighted by atomic mass is 10.3. The van der Waals surface area contributed by atoms with Crippen molar-refractivity contribution in [2.24, 2.45) is 0 Å². The Hall–Kier alpha value is -1.29. The van der Waals surface area contributed by atoms with Crippen molar-refractivity contribution in [2.45, 2.75) is 26.4 Å². The molecule has 0 unspecified atom stereocenters. The Kier molecular flexibility index (Phi) is 4.37. The van der Waals surface area contributed by atoms with Crippen LogP contribution in [-0.4, -0.2) is 30.4 Å². The summed E-state index contributed by atoms with van der Waals surface area (Å²) >= 11 is 0. The molecule has 0 radical (unpaired) electrons. The van der Waals surface area contributed by atoms with E-state index in [0.717, 1.165) is 5.56 Å². The summed E-state index contributed by atoms with van der Waals surface area (Å²) in [6.45, 7) is 5.01. The fourth-order valence-electron chi connectivity index (χ4n) is 1.17. The monoisotopic (exact) mass is 210 g/mol. The first-order valence-corrected chi connectivity index (χ1v) is 5.08. The average Bonchev–Trinajstić information content (AvgIpc) is 2.66. The highest BCUT2D eigenvalue weighted by molar-refractivity contribution is 5.77. The van der Waals surface area contributed by atoms with Crippen molar-refractivity contribution in [1.29, 1.82) is 0 Å². The molecule has 0 aromatic carbocycles. The van der Waals surface area contributed by atoms with Crippen LogP contribution in [0.3, 0.4) is 0 Å². The Morgan fingerprint density at radius 1 is 1.60 bits per heavy atom. The van der Waals surface area contributed by atoms with E-state index in [4.69, 9.17) is 4.42 Å². The van der Waals surface area contributed by atoms with Gasteiger partial charge in [0.25, 0.3) is 0 Å². The van der Waals surface area contributed by atoms with Crippen LogP contribution in [0.4, 0.5) is 0 Å². The predicted molar refractivity (Wildman–Crippen MR) is 58.3 cm³/mol.